The quantitative estimate of drug-likeness (QED) is 0.208. The minimum absolute atomic E-state index is 0.193. The van der Waals surface area contributed by atoms with Gasteiger partial charge in [-0.25, -0.2) is 18.1 Å². The van der Waals surface area contributed by atoms with Gasteiger partial charge in [0.05, 0.1) is 17.3 Å². The fourth-order valence-corrected chi connectivity index (χ4v) is 6.28. The highest BCUT2D eigenvalue weighted by molar-refractivity contribution is 7.89. The normalized spacial score (nSPS) is 18.5. The summed E-state index contributed by atoms with van der Waals surface area (Å²) in [4.78, 5) is 14.2. The number of rotatable bonds is 11. The molecule has 2 aromatic carbocycles. The zero-order valence-corrected chi connectivity index (χ0v) is 23.7. The molecule has 0 aliphatic heterocycles. The number of fused-ring (bicyclic) bond motifs is 1. The lowest BCUT2D eigenvalue weighted by atomic mass is 9.93. The molecule has 2 aromatic heterocycles. The van der Waals surface area contributed by atoms with Crippen LogP contribution in [0, 0.1) is 0 Å². The van der Waals surface area contributed by atoms with E-state index in [-0.39, 0.29) is 23.1 Å². The molecule has 1 aliphatic rings. The van der Waals surface area contributed by atoms with Crippen LogP contribution >= 0.6 is 0 Å². The summed E-state index contributed by atoms with van der Waals surface area (Å²) in [6.07, 6.45) is 6.23. The Balaban J connectivity index is 1.29. The van der Waals surface area contributed by atoms with E-state index >= 15 is 0 Å². The van der Waals surface area contributed by atoms with Gasteiger partial charge in [-0.05, 0) is 82.2 Å². The maximum Gasteiger partial charge on any atom is 0.240 e. The van der Waals surface area contributed by atoms with Crippen LogP contribution in [0.25, 0.3) is 11.2 Å². The van der Waals surface area contributed by atoms with Crippen LogP contribution in [-0.4, -0.2) is 51.2 Å². The predicted molar refractivity (Wildman–Crippen MR) is 157 cm³/mol. The molecule has 10 nitrogen and oxygen atoms in total. The van der Waals surface area contributed by atoms with Gasteiger partial charge in [0.15, 0.2) is 17.0 Å². The summed E-state index contributed by atoms with van der Waals surface area (Å²) in [6, 6.07) is 16.7. The van der Waals surface area contributed by atoms with Crippen LogP contribution < -0.4 is 15.4 Å². The molecule has 0 radical (unpaired) electrons. The van der Waals surface area contributed by atoms with E-state index in [1.54, 1.807) is 30.6 Å². The second-order valence-corrected chi connectivity index (χ2v) is 12.2. The first-order valence-corrected chi connectivity index (χ1v) is 15.4. The molecule has 0 bridgehead atoms. The van der Waals surface area contributed by atoms with Crippen molar-refractivity contribution < 1.29 is 13.5 Å². The van der Waals surface area contributed by atoms with Crippen molar-refractivity contribution in [3.63, 3.8) is 0 Å². The van der Waals surface area contributed by atoms with Gasteiger partial charge >= 0.3 is 0 Å². The molecule has 1 atom stereocenters. The fraction of sp³-hybridized carbons (Fsp3) is 0.414. The summed E-state index contributed by atoms with van der Waals surface area (Å²) >= 11 is 0. The molecule has 1 saturated carbocycles. The Morgan fingerprint density at radius 2 is 1.75 bits per heavy atom. The zero-order chi connectivity index (χ0) is 28.1. The van der Waals surface area contributed by atoms with E-state index in [0.717, 1.165) is 32.1 Å². The Hall–Kier alpha value is -3.54. The molecule has 0 saturated heterocycles. The molecular formula is C29H37N7O3S. The molecule has 11 heteroatoms. The largest absolute Gasteiger partial charge is 0.393 e. The number of hydrogen-bond donors (Lipinski definition) is 4. The highest BCUT2D eigenvalue weighted by Gasteiger charge is 2.22. The van der Waals surface area contributed by atoms with Crippen LogP contribution in [-0.2, 0) is 23.0 Å². The van der Waals surface area contributed by atoms with Gasteiger partial charge in [-0.2, -0.15) is 9.97 Å². The summed E-state index contributed by atoms with van der Waals surface area (Å²) in [6.45, 7) is 4.63. The highest BCUT2D eigenvalue weighted by Crippen LogP contribution is 2.27. The van der Waals surface area contributed by atoms with Gasteiger partial charge in [0.25, 0.3) is 0 Å². The Labute approximate surface area is 235 Å². The van der Waals surface area contributed by atoms with Crippen LogP contribution in [0.3, 0.4) is 0 Å². The van der Waals surface area contributed by atoms with E-state index in [9.17, 15) is 13.5 Å². The summed E-state index contributed by atoms with van der Waals surface area (Å²) in [5.41, 5.74) is 3.22. The summed E-state index contributed by atoms with van der Waals surface area (Å²) < 4.78 is 30.7. The first kappa shape index (κ1) is 28.0. The smallest absolute Gasteiger partial charge is 0.240 e. The molecule has 40 heavy (non-hydrogen) atoms. The van der Waals surface area contributed by atoms with Crippen LogP contribution in [0.5, 0.6) is 0 Å². The van der Waals surface area contributed by atoms with Gasteiger partial charge in [0.1, 0.15) is 0 Å². The topological polar surface area (TPSA) is 134 Å². The molecule has 1 unspecified atom stereocenters. The molecule has 2 heterocycles. The average molecular weight is 564 g/mol. The number of aliphatic hydroxyl groups excluding tert-OH is 1. The van der Waals surface area contributed by atoms with Crippen molar-refractivity contribution in [3.8, 4) is 0 Å². The van der Waals surface area contributed by atoms with Gasteiger partial charge in [-0.1, -0.05) is 30.3 Å². The van der Waals surface area contributed by atoms with Crippen LogP contribution in [0.15, 0.2) is 65.8 Å². The third-order valence-electron chi connectivity index (χ3n) is 7.33. The van der Waals surface area contributed by atoms with Crippen LogP contribution in [0.4, 0.5) is 17.5 Å². The van der Waals surface area contributed by atoms with E-state index in [0.29, 0.717) is 41.6 Å². The highest BCUT2D eigenvalue weighted by atomic mass is 32.2. The number of nitrogens with zero attached hydrogens (tertiary/aromatic N) is 4. The number of nitrogens with one attached hydrogen (secondary N) is 3. The van der Waals surface area contributed by atoms with E-state index in [1.165, 1.54) is 5.56 Å². The first-order valence-electron chi connectivity index (χ1n) is 13.9. The van der Waals surface area contributed by atoms with E-state index < -0.39 is 10.0 Å². The van der Waals surface area contributed by atoms with Crippen molar-refractivity contribution in [2.24, 2.45) is 0 Å². The third kappa shape index (κ3) is 6.78. The predicted octanol–water partition coefficient (Wildman–Crippen LogP) is 4.60. The third-order valence-corrected chi connectivity index (χ3v) is 8.93. The van der Waals surface area contributed by atoms with Crippen LogP contribution in [0.1, 0.15) is 51.5 Å². The molecule has 212 valence electrons. The Kier molecular flexibility index (Phi) is 8.63. The first-order chi connectivity index (χ1) is 19.3. The lowest BCUT2D eigenvalue weighted by Crippen LogP contribution is -2.32. The van der Waals surface area contributed by atoms with E-state index in [4.69, 9.17) is 9.97 Å². The maximum atomic E-state index is 13.0. The maximum absolute atomic E-state index is 13.0. The summed E-state index contributed by atoms with van der Waals surface area (Å²) in [5, 5.41) is 16.6. The van der Waals surface area contributed by atoms with Gasteiger partial charge in [0.2, 0.25) is 16.0 Å². The fourth-order valence-electron chi connectivity index (χ4n) is 5.00. The number of anilines is 3. The molecule has 5 rings (SSSR count). The second kappa shape index (κ2) is 12.3. The number of imidazole rings is 1. The lowest BCUT2D eigenvalue weighted by Gasteiger charge is -2.26. The van der Waals surface area contributed by atoms with E-state index in [2.05, 4.69) is 20.3 Å². The van der Waals surface area contributed by atoms with Gasteiger partial charge in [-0.15, -0.1) is 0 Å². The Morgan fingerprint density at radius 3 is 2.45 bits per heavy atom. The number of benzene rings is 2. The SMILES string of the molecule is CCn1cnc2c(Nc3ccc(S(=O)(=O)NC(C)CCc4ccccc4)cc3)nc(NC3CCC(O)CC3)nc21. The summed E-state index contributed by atoms with van der Waals surface area (Å²) in [5.74, 6) is 1.04. The Morgan fingerprint density at radius 1 is 1.02 bits per heavy atom. The minimum atomic E-state index is -3.66. The second-order valence-electron chi connectivity index (χ2n) is 10.4. The van der Waals surface area contributed by atoms with Gasteiger partial charge < -0.3 is 20.3 Å². The zero-order valence-electron chi connectivity index (χ0n) is 22.9. The molecule has 0 amide bonds. The molecular weight excluding hydrogens is 526 g/mol. The molecule has 4 aromatic rings. The minimum Gasteiger partial charge on any atom is -0.393 e. The van der Waals surface area contributed by atoms with Crippen LogP contribution in [0.2, 0.25) is 0 Å². The standard InChI is InChI=1S/C29H37N7O3S/c1-3-36-19-30-26-27(33-29(34-28(26)36)32-23-11-15-24(37)16-12-23)31-22-13-17-25(18-14-22)40(38,39)35-20(2)9-10-21-7-5-4-6-8-21/h4-8,13-14,17-20,23-24,35,37H,3,9-12,15-16H2,1-2H3,(H2,31,32,33,34). The van der Waals surface area contributed by atoms with Crippen molar-refractivity contribution >= 4 is 38.6 Å². The summed E-state index contributed by atoms with van der Waals surface area (Å²) in [7, 11) is -3.66. The van der Waals surface area contributed by atoms with Gasteiger partial charge in [0, 0.05) is 24.3 Å². The van der Waals surface area contributed by atoms with Crippen molar-refractivity contribution in [3.05, 3.63) is 66.5 Å². The Bertz CT molecular complexity index is 1520. The molecule has 1 fully saturated rings. The lowest BCUT2D eigenvalue weighted by molar-refractivity contribution is 0.126. The molecule has 1 aliphatic carbocycles. The average Bonchev–Trinajstić information content (AvgIpc) is 3.37. The van der Waals surface area contributed by atoms with Gasteiger partial charge in [-0.3, -0.25) is 0 Å². The van der Waals surface area contributed by atoms with Crippen molar-refractivity contribution in [1.82, 2.24) is 24.2 Å². The number of aliphatic hydroxyl groups is 1. The molecule has 4 N–H and O–H groups in total. The monoisotopic (exact) mass is 563 g/mol. The molecule has 0 spiro atoms. The number of aryl methyl sites for hydroxylation is 2. The van der Waals surface area contributed by atoms with E-state index in [1.807, 2.05) is 48.7 Å². The van der Waals surface area contributed by atoms with Crippen molar-refractivity contribution in [1.29, 1.82) is 0 Å². The number of sulfonamides is 1. The number of aromatic nitrogens is 4. The van der Waals surface area contributed by atoms with Crippen molar-refractivity contribution in [2.45, 2.75) is 82.0 Å². The number of hydrogen-bond acceptors (Lipinski definition) is 8. The van der Waals surface area contributed by atoms with Crippen molar-refractivity contribution in [2.75, 3.05) is 10.6 Å².